The van der Waals surface area contributed by atoms with Crippen LogP contribution in [0.4, 0.5) is 0 Å². The van der Waals surface area contributed by atoms with Gasteiger partial charge < -0.3 is 15.0 Å². The van der Waals surface area contributed by atoms with Crippen LogP contribution in [0.5, 0.6) is 5.75 Å². The lowest BCUT2D eigenvalue weighted by Crippen LogP contribution is -2.50. The van der Waals surface area contributed by atoms with Gasteiger partial charge in [-0.25, -0.2) is 0 Å². The summed E-state index contributed by atoms with van der Waals surface area (Å²) < 4.78 is 5.65. The van der Waals surface area contributed by atoms with Crippen molar-refractivity contribution in [1.29, 1.82) is 0 Å². The fourth-order valence-corrected chi connectivity index (χ4v) is 7.33. The van der Waals surface area contributed by atoms with Crippen molar-refractivity contribution in [2.45, 2.75) is 70.3 Å². The SMILES string of the molecule is O=C(CC12CC3CC(CC(C3)C1)C2)NC1CCN(C(=O)CCOc2ccccc2)CC1. The normalized spacial score (nSPS) is 32.1. The van der Waals surface area contributed by atoms with E-state index < -0.39 is 0 Å². The number of amides is 2. The van der Waals surface area contributed by atoms with Crippen LogP contribution in [-0.2, 0) is 9.59 Å². The molecule has 1 aliphatic heterocycles. The number of nitrogens with zero attached hydrogens (tertiary/aromatic N) is 1. The van der Waals surface area contributed by atoms with Crippen molar-refractivity contribution < 1.29 is 14.3 Å². The maximum absolute atomic E-state index is 12.9. The number of ether oxygens (including phenoxy) is 1. The van der Waals surface area contributed by atoms with Gasteiger partial charge in [-0.1, -0.05) is 18.2 Å². The molecule has 1 aromatic carbocycles. The summed E-state index contributed by atoms with van der Waals surface area (Å²) in [5.74, 6) is 3.87. The highest BCUT2D eigenvalue weighted by molar-refractivity contribution is 5.78. The van der Waals surface area contributed by atoms with Crippen molar-refractivity contribution in [3.8, 4) is 5.75 Å². The van der Waals surface area contributed by atoms with Crippen LogP contribution < -0.4 is 10.1 Å². The first-order valence-corrected chi connectivity index (χ1v) is 12.3. The molecule has 2 amide bonds. The number of carbonyl (C=O) groups excluding carboxylic acids is 2. The summed E-state index contributed by atoms with van der Waals surface area (Å²) in [6, 6.07) is 9.83. The van der Waals surface area contributed by atoms with E-state index in [1.54, 1.807) is 0 Å². The molecule has 1 heterocycles. The van der Waals surface area contributed by atoms with Gasteiger partial charge in [-0.2, -0.15) is 0 Å². The lowest BCUT2D eigenvalue weighted by Gasteiger charge is -2.56. The largest absolute Gasteiger partial charge is 0.493 e. The maximum Gasteiger partial charge on any atom is 0.225 e. The van der Waals surface area contributed by atoms with Gasteiger partial charge in [0, 0.05) is 25.6 Å². The molecule has 1 saturated heterocycles. The van der Waals surface area contributed by atoms with Crippen molar-refractivity contribution in [3.63, 3.8) is 0 Å². The Balaban J connectivity index is 1.03. The van der Waals surface area contributed by atoms with Gasteiger partial charge in [0.25, 0.3) is 0 Å². The summed E-state index contributed by atoms with van der Waals surface area (Å²) in [7, 11) is 0. The Labute approximate surface area is 185 Å². The first kappa shape index (κ1) is 20.8. The Hall–Kier alpha value is -2.04. The lowest BCUT2D eigenvalue weighted by atomic mass is 9.49. The smallest absolute Gasteiger partial charge is 0.225 e. The second kappa shape index (κ2) is 8.84. The molecule has 0 aromatic heterocycles. The van der Waals surface area contributed by atoms with E-state index in [4.69, 9.17) is 4.74 Å². The van der Waals surface area contributed by atoms with E-state index in [2.05, 4.69) is 5.32 Å². The first-order chi connectivity index (χ1) is 15.1. The minimum absolute atomic E-state index is 0.147. The minimum Gasteiger partial charge on any atom is -0.493 e. The molecule has 5 heteroatoms. The van der Waals surface area contributed by atoms with Gasteiger partial charge >= 0.3 is 0 Å². The van der Waals surface area contributed by atoms with Crippen molar-refractivity contribution in [1.82, 2.24) is 10.2 Å². The van der Waals surface area contributed by atoms with Gasteiger partial charge in [0.15, 0.2) is 0 Å². The van der Waals surface area contributed by atoms with Gasteiger partial charge in [-0.3, -0.25) is 9.59 Å². The molecule has 5 aliphatic rings. The minimum atomic E-state index is 0.147. The Morgan fingerprint density at radius 1 is 0.968 bits per heavy atom. The van der Waals surface area contributed by atoms with Crippen molar-refractivity contribution >= 4 is 11.8 Å². The second-order valence-corrected chi connectivity index (χ2v) is 10.7. The third kappa shape index (κ3) is 4.91. The van der Waals surface area contributed by atoms with Crippen molar-refractivity contribution in [3.05, 3.63) is 30.3 Å². The van der Waals surface area contributed by atoms with Gasteiger partial charge in [-0.15, -0.1) is 0 Å². The van der Waals surface area contributed by atoms with Crippen molar-refractivity contribution in [2.24, 2.45) is 23.2 Å². The third-order valence-corrected chi connectivity index (χ3v) is 8.24. The molecule has 4 saturated carbocycles. The Morgan fingerprint density at radius 2 is 1.58 bits per heavy atom. The quantitative estimate of drug-likeness (QED) is 0.715. The first-order valence-electron chi connectivity index (χ1n) is 12.3. The number of piperidine rings is 1. The summed E-state index contributed by atoms with van der Waals surface area (Å²) in [6.07, 6.45) is 11.0. The number of benzene rings is 1. The highest BCUT2D eigenvalue weighted by atomic mass is 16.5. The molecule has 168 valence electrons. The Bertz CT molecular complexity index is 750. The van der Waals surface area contributed by atoms with Crippen LogP contribution in [-0.4, -0.2) is 42.5 Å². The standard InChI is InChI=1S/C26H36N2O3/c29-24(18-26-15-19-12-20(16-26)14-21(13-19)17-26)27-22-6-9-28(10-7-22)25(30)8-11-31-23-4-2-1-3-5-23/h1-5,19-22H,6-18H2,(H,27,29). The summed E-state index contributed by atoms with van der Waals surface area (Å²) >= 11 is 0. The van der Waals surface area contributed by atoms with Crippen LogP contribution in [0, 0.1) is 23.2 Å². The average Bonchev–Trinajstić information content (AvgIpc) is 2.73. The van der Waals surface area contributed by atoms with E-state index in [1.807, 2.05) is 35.2 Å². The molecule has 5 fully saturated rings. The third-order valence-electron chi connectivity index (χ3n) is 8.24. The van der Waals surface area contributed by atoms with Gasteiger partial charge in [0.1, 0.15) is 5.75 Å². The molecule has 6 rings (SSSR count). The summed E-state index contributed by atoms with van der Waals surface area (Å²) in [4.78, 5) is 27.3. The molecule has 31 heavy (non-hydrogen) atoms. The van der Waals surface area contributed by atoms with Crippen LogP contribution >= 0.6 is 0 Å². The van der Waals surface area contributed by atoms with Gasteiger partial charge in [0.2, 0.25) is 11.8 Å². The maximum atomic E-state index is 12.9. The molecule has 0 atom stereocenters. The number of rotatable bonds is 7. The van der Waals surface area contributed by atoms with E-state index in [1.165, 1.54) is 38.5 Å². The monoisotopic (exact) mass is 424 g/mol. The molecular formula is C26H36N2O3. The summed E-state index contributed by atoms with van der Waals surface area (Å²) in [5, 5.41) is 3.32. The number of likely N-dealkylation sites (tertiary alicyclic amines) is 1. The zero-order valence-electron chi connectivity index (χ0n) is 18.6. The predicted molar refractivity (Wildman–Crippen MR) is 120 cm³/mol. The van der Waals surface area contributed by atoms with Crippen molar-refractivity contribution in [2.75, 3.05) is 19.7 Å². The predicted octanol–water partition coefficient (Wildman–Crippen LogP) is 4.17. The molecule has 0 spiro atoms. The molecule has 4 bridgehead atoms. The topological polar surface area (TPSA) is 58.6 Å². The van der Waals surface area contributed by atoms with E-state index in [9.17, 15) is 9.59 Å². The van der Waals surface area contributed by atoms with E-state index in [0.717, 1.165) is 55.9 Å². The molecule has 0 unspecified atom stereocenters. The lowest BCUT2D eigenvalue weighted by molar-refractivity contribution is -0.133. The van der Waals surface area contributed by atoms with Gasteiger partial charge in [0.05, 0.1) is 13.0 Å². The van der Waals surface area contributed by atoms with Crippen LogP contribution in [0.2, 0.25) is 0 Å². The number of carbonyl (C=O) groups is 2. The second-order valence-electron chi connectivity index (χ2n) is 10.7. The summed E-state index contributed by atoms with van der Waals surface area (Å²) in [6.45, 7) is 1.86. The van der Waals surface area contributed by atoms with E-state index >= 15 is 0 Å². The van der Waals surface area contributed by atoms with E-state index in [-0.39, 0.29) is 17.9 Å². The highest BCUT2D eigenvalue weighted by Gasteiger charge is 2.51. The molecule has 4 aliphatic carbocycles. The van der Waals surface area contributed by atoms with Crippen LogP contribution in [0.1, 0.15) is 64.2 Å². The molecule has 1 N–H and O–H groups in total. The molecule has 0 radical (unpaired) electrons. The molecule has 1 aromatic rings. The number of para-hydroxylation sites is 1. The fourth-order valence-electron chi connectivity index (χ4n) is 7.33. The highest BCUT2D eigenvalue weighted by Crippen LogP contribution is 2.61. The van der Waals surface area contributed by atoms with Crippen LogP contribution in [0.25, 0.3) is 0 Å². The number of hydrogen-bond donors (Lipinski definition) is 1. The summed E-state index contributed by atoms with van der Waals surface area (Å²) in [5.41, 5.74) is 0.300. The molecule has 5 nitrogen and oxygen atoms in total. The number of hydrogen-bond acceptors (Lipinski definition) is 3. The van der Waals surface area contributed by atoms with Crippen LogP contribution in [0.3, 0.4) is 0 Å². The zero-order valence-corrected chi connectivity index (χ0v) is 18.6. The Kier molecular flexibility index (Phi) is 5.94. The average molecular weight is 425 g/mol. The van der Waals surface area contributed by atoms with Crippen LogP contribution in [0.15, 0.2) is 30.3 Å². The Morgan fingerprint density at radius 3 is 2.19 bits per heavy atom. The molecular weight excluding hydrogens is 388 g/mol. The number of nitrogens with one attached hydrogen (secondary N) is 1. The van der Waals surface area contributed by atoms with E-state index in [0.29, 0.717) is 18.4 Å². The van der Waals surface area contributed by atoms with Gasteiger partial charge in [-0.05, 0) is 86.7 Å². The zero-order chi connectivity index (χ0) is 21.3. The fraction of sp³-hybridized carbons (Fsp3) is 0.692.